The van der Waals surface area contributed by atoms with E-state index < -0.39 is 0 Å². The average Bonchev–Trinajstić information content (AvgIpc) is 3.20. The van der Waals surface area contributed by atoms with Crippen molar-refractivity contribution >= 4 is 5.91 Å². The summed E-state index contributed by atoms with van der Waals surface area (Å²) in [5.74, 6) is 0.701. The van der Waals surface area contributed by atoms with Crippen LogP contribution in [0.25, 0.3) is 16.9 Å². The molecule has 0 aliphatic carbocycles. The van der Waals surface area contributed by atoms with E-state index in [1.807, 2.05) is 66.6 Å². The van der Waals surface area contributed by atoms with Gasteiger partial charge in [-0.05, 0) is 31.2 Å². The van der Waals surface area contributed by atoms with Crippen LogP contribution in [0, 0.1) is 6.92 Å². The van der Waals surface area contributed by atoms with Crippen molar-refractivity contribution in [3.8, 4) is 22.7 Å². The molecule has 28 heavy (non-hydrogen) atoms. The molecule has 3 aromatic rings. The molecular formula is C22H23N3O3. The predicted octanol–water partition coefficient (Wildman–Crippen LogP) is 3.33. The Hall–Kier alpha value is -3.12. The molecule has 4 rings (SSSR count). The molecule has 1 aliphatic rings. The highest BCUT2D eigenvalue weighted by molar-refractivity contribution is 6.00. The van der Waals surface area contributed by atoms with E-state index in [0.717, 1.165) is 17.0 Å². The van der Waals surface area contributed by atoms with E-state index >= 15 is 0 Å². The van der Waals surface area contributed by atoms with E-state index in [-0.39, 0.29) is 5.91 Å². The van der Waals surface area contributed by atoms with Gasteiger partial charge in [-0.15, -0.1) is 0 Å². The van der Waals surface area contributed by atoms with E-state index in [0.29, 0.717) is 37.6 Å². The van der Waals surface area contributed by atoms with Gasteiger partial charge in [-0.3, -0.25) is 4.79 Å². The molecule has 6 nitrogen and oxygen atoms in total. The lowest BCUT2D eigenvalue weighted by atomic mass is 10.1. The minimum atomic E-state index is -0.0283. The van der Waals surface area contributed by atoms with Gasteiger partial charge in [0.1, 0.15) is 11.4 Å². The monoisotopic (exact) mass is 377 g/mol. The highest BCUT2D eigenvalue weighted by Crippen LogP contribution is 2.28. The lowest BCUT2D eigenvalue weighted by Crippen LogP contribution is -2.40. The maximum absolute atomic E-state index is 13.2. The summed E-state index contributed by atoms with van der Waals surface area (Å²) in [4.78, 5) is 15.1. The summed E-state index contributed by atoms with van der Waals surface area (Å²) in [6.45, 7) is 4.35. The first-order chi connectivity index (χ1) is 13.7. The van der Waals surface area contributed by atoms with Gasteiger partial charge in [-0.1, -0.05) is 29.8 Å². The van der Waals surface area contributed by atoms with Crippen molar-refractivity contribution in [1.82, 2.24) is 14.7 Å². The van der Waals surface area contributed by atoms with Crippen molar-refractivity contribution in [3.63, 3.8) is 0 Å². The third-order valence-corrected chi connectivity index (χ3v) is 4.88. The first-order valence-electron chi connectivity index (χ1n) is 9.34. The first kappa shape index (κ1) is 18.3. The van der Waals surface area contributed by atoms with E-state index in [9.17, 15) is 4.79 Å². The molecule has 1 fully saturated rings. The zero-order valence-corrected chi connectivity index (χ0v) is 16.1. The zero-order chi connectivity index (χ0) is 19.5. The summed E-state index contributed by atoms with van der Waals surface area (Å²) in [6, 6.07) is 15.7. The Balaban J connectivity index is 1.79. The number of nitrogens with zero attached hydrogens (tertiary/aromatic N) is 3. The molecular weight excluding hydrogens is 354 g/mol. The van der Waals surface area contributed by atoms with Gasteiger partial charge in [0.05, 0.1) is 31.6 Å². The predicted molar refractivity (Wildman–Crippen MR) is 107 cm³/mol. The van der Waals surface area contributed by atoms with Crippen molar-refractivity contribution in [3.05, 3.63) is 65.9 Å². The maximum Gasteiger partial charge on any atom is 0.257 e. The van der Waals surface area contributed by atoms with Crippen molar-refractivity contribution in [2.24, 2.45) is 0 Å². The van der Waals surface area contributed by atoms with E-state index in [1.54, 1.807) is 11.8 Å². The number of ether oxygens (including phenoxy) is 2. The van der Waals surface area contributed by atoms with Crippen LogP contribution < -0.4 is 4.74 Å². The number of methoxy groups -OCH3 is 1. The highest BCUT2D eigenvalue weighted by Gasteiger charge is 2.25. The van der Waals surface area contributed by atoms with Crippen LogP contribution in [0.15, 0.2) is 54.7 Å². The molecule has 1 aliphatic heterocycles. The van der Waals surface area contributed by atoms with Gasteiger partial charge in [0.2, 0.25) is 0 Å². The number of hydrogen-bond donors (Lipinski definition) is 0. The number of aromatic nitrogens is 2. The Bertz CT molecular complexity index is 973. The number of benzene rings is 2. The topological polar surface area (TPSA) is 56.6 Å². The smallest absolute Gasteiger partial charge is 0.257 e. The van der Waals surface area contributed by atoms with Crippen LogP contribution in [-0.2, 0) is 4.74 Å². The van der Waals surface area contributed by atoms with Crippen LogP contribution >= 0.6 is 0 Å². The Morgan fingerprint density at radius 1 is 1.11 bits per heavy atom. The Morgan fingerprint density at radius 3 is 2.57 bits per heavy atom. The molecule has 6 heteroatoms. The van der Waals surface area contributed by atoms with Crippen molar-refractivity contribution < 1.29 is 14.3 Å². The molecule has 2 heterocycles. The van der Waals surface area contributed by atoms with Crippen LogP contribution in [0.1, 0.15) is 15.9 Å². The van der Waals surface area contributed by atoms with E-state index in [2.05, 4.69) is 0 Å². The Kier molecular flexibility index (Phi) is 5.12. The molecule has 0 radical (unpaired) electrons. The van der Waals surface area contributed by atoms with Crippen LogP contribution in [0.3, 0.4) is 0 Å². The summed E-state index contributed by atoms with van der Waals surface area (Å²) in [5, 5.41) is 4.75. The lowest BCUT2D eigenvalue weighted by Gasteiger charge is -2.26. The number of morpholine rings is 1. The highest BCUT2D eigenvalue weighted by atomic mass is 16.5. The first-order valence-corrected chi connectivity index (χ1v) is 9.34. The fourth-order valence-corrected chi connectivity index (χ4v) is 3.28. The number of amides is 1. The molecule has 0 N–H and O–H groups in total. The van der Waals surface area contributed by atoms with Crippen LogP contribution in [-0.4, -0.2) is 54.0 Å². The second-order valence-electron chi connectivity index (χ2n) is 6.81. The van der Waals surface area contributed by atoms with E-state index in [4.69, 9.17) is 14.6 Å². The quantitative estimate of drug-likeness (QED) is 0.700. The van der Waals surface area contributed by atoms with Crippen LogP contribution in [0.2, 0.25) is 0 Å². The van der Waals surface area contributed by atoms with Crippen molar-refractivity contribution in [2.75, 3.05) is 33.4 Å². The summed E-state index contributed by atoms with van der Waals surface area (Å²) >= 11 is 0. The Labute approximate surface area is 164 Å². The number of aryl methyl sites for hydroxylation is 1. The molecule has 0 bridgehead atoms. The van der Waals surface area contributed by atoms with Gasteiger partial charge >= 0.3 is 0 Å². The maximum atomic E-state index is 13.2. The summed E-state index contributed by atoms with van der Waals surface area (Å²) in [5.41, 5.74) is 4.16. The molecule has 0 saturated carbocycles. The van der Waals surface area contributed by atoms with E-state index in [1.165, 1.54) is 5.56 Å². The number of rotatable bonds is 4. The summed E-state index contributed by atoms with van der Waals surface area (Å²) in [7, 11) is 1.63. The second-order valence-corrected chi connectivity index (χ2v) is 6.81. The van der Waals surface area contributed by atoms with Gasteiger partial charge in [0.25, 0.3) is 5.91 Å². The van der Waals surface area contributed by atoms with Gasteiger partial charge in [-0.2, -0.15) is 5.10 Å². The molecule has 1 amide bonds. The fourth-order valence-electron chi connectivity index (χ4n) is 3.28. The average molecular weight is 377 g/mol. The number of carbonyl (C=O) groups is 1. The van der Waals surface area contributed by atoms with Gasteiger partial charge in [0, 0.05) is 24.8 Å². The third kappa shape index (κ3) is 3.64. The molecule has 1 aromatic heterocycles. The van der Waals surface area contributed by atoms with Crippen molar-refractivity contribution in [2.45, 2.75) is 6.92 Å². The van der Waals surface area contributed by atoms with Gasteiger partial charge < -0.3 is 14.4 Å². The minimum Gasteiger partial charge on any atom is -0.497 e. The van der Waals surface area contributed by atoms with Gasteiger partial charge in [0.15, 0.2) is 0 Å². The second kappa shape index (κ2) is 7.86. The Morgan fingerprint density at radius 2 is 1.86 bits per heavy atom. The molecule has 0 unspecified atom stereocenters. The third-order valence-electron chi connectivity index (χ3n) is 4.88. The van der Waals surface area contributed by atoms with Crippen LogP contribution in [0.5, 0.6) is 5.75 Å². The normalized spacial score (nSPS) is 14.1. The standard InChI is InChI=1S/C22H23N3O3/c1-16-6-8-18(9-7-16)25-15-20(22(26)24-10-12-28-13-11-24)21(23-25)17-4-3-5-19(14-17)27-2/h3-9,14-15H,10-13H2,1-2H3. The minimum absolute atomic E-state index is 0.0283. The van der Waals surface area contributed by atoms with Crippen LogP contribution in [0.4, 0.5) is 0 Å². The molecule has 0 atom stereocenters. The van der Waals surface area contributed by atoms with Crippen molar-refractivity contribution in [1.29, 1.82) is 0 Å². The summed E-state index contributed by atoms with van der Waals surface area (Å²) in [6.07, 6.45) is 1.82. The molecule has 1 saturated heterocycles. The summed E-state index contributed by atoms with van der Waals surface area (Å²) < 4.78 is 12.5. The molecule has 2 aromatic carbocycles. The fraction of sp³-hybridized carbons (Fsp3) is 0.273. The van der Waals surface area contributed by atoms with Gasteiger partial charge in [-0.25, -0.2) is 4.68 Å². The number of carbonyl (C=O) groups excluding carboxylic acids is 1. The zero-order valence-electron chi connectivity index (χ0n) is 16.1. The molecule has 144 valence electrons. The molecule has 0 spiro atoms. The SMILES string of the molecule is COc1cccc(-c2nn(-c3ccc(C)cc3)cc2C(=O)N2CCOCC2)c1. The largest absolute Gasteiger partial charge is 0.497 e. The number of hydrogen-bond acceptors (Lipinski definition) is 4. The lowest BCUT2D eigenvalue weighted by molar-refractivity contribution is 0.0303.